The first-order valence-corrected chi connectivity index (χ1v) is 5.92. The van der Waals surface area contributed by atoms with E-state index in [1.54, 1.807) is 11.3 Å². The van der Waals surface area contributed by atoms with E-state index in [-0.39, 0.29) is 5.54 Å². The van der Waals surface area contributed by atoms with Crippen LogP contribution in [0, 0.1) is 5.92 Å². The van der Waals surface area contributed by atoms with Crippen molar-refractivity contribution in [3.05, 3.63) is 22.4 Å². The smallest absolute Gasteiger partial charge is 0.0198 e. The van der Waals surface area contributed by atoms with E-state index >= 15 is 0 Å². The normalized spacial score (nSPS) is 33.8. The van der Waals surface area contributed by atoms with Crippen LogP contribution >= 0.6 is 11.3 Å². The van der Waals surface area contributed by atoms with E-state index in [1.165, 1.54) is 24.8 Å². The lowest BCUT2D eigenvalue weighted by molar-refractivity contribution is 0.419. The molecule has 1 aliphatic rings. The first-order chi connectivity index (χ1) is 6.18. The molecule has 0 aromatic carbocycles. The van der Waals surface area contributed by atoms with Crippen molar-refractivity contribution < 1.29 is 0 Å². The van der Waals surface area contributed by atoms with Gasteiger partial charge < -0.3 is 5.73 Å². The number of rotatable bonds is 2. The molecule has 1 aliphatic carbocycles. The molecule has 2 rings (SSSR count). The number of thiophene rings is 1. The third kappa shape index (κ3) is 2.12. The zero-order valence-corrected chi connectivity index (χ0v) is 8.94. The highest BCUT2D eigenvalue weighted by Gasteiger charge is 2.33. The largest absolute Gasteiger partial charge is 0.325 e. The molecule has 1 saturated carbocycles. The van der Waals surface area contributed by atoms with Crippen LogP contribution in [-0.4, -0.2) is 5.54 Å². The molecule has 1 heterocycles. The van der Waals surface area contributed by atoms with Crippen LogP contribution in [0.15, 0.2) is 16.8 Å². The Kier molecular flexibility index (Phi) is 2.43. The fourth-order valence-electron chi connectivity index (χ4n) is 2.39. The van der Waals surface area contributed by atoms with Crippen molar-refractivity contribution in [2.45, 2.75) is 38.1 Å². The predicted molar refractivity (Wildman–Crippen MR) is 58.0 cm³/mol. The Morgan fingerprint density at radius 2 is 2.54 bits per heavy atom. The summed E-state index contributed by atoms with van der Waals surface area (Å²) in [5.41, 5.74) is 7.86. The molecule has 1 aromatic rings. The second kappa shape index (κ2) is 3.43. The molecular weight excluding hydrogens is 178 g/mol. The van der Waals surface area contributed by atoms with Crippen molar-refractivity contribution >= 4 is 11.3 Å². The summed E-state index contributed by atoms with van der Waals surface area (Å²) < 4.78 is 0. The van der Waals surface area contributed by atoms with Gasteiger partial charge >= 0.3 is 0 Å². The minimum absolute atomic E-state index is 0.0977. The van der Waals surface area contributed by atoms with Crippen LogP contribution < -0.4 is 5.73 Å². The lowest BCUT2D eigenvalue weighted by Gasteiger charge is -2.23. The summed E-state index contributed by atoms with van der Waals surface area (Å²) in [5, 5.41) is 4.36. The van der Waals surface area contributed by atoms with Crippen molar-refractivity contribution in [1.29, 1.82) is 0 Å². The first-order valence-electron chi connectivity index (χ1n) is 4.98. The van der Waals surface area contributed by atoms with Crippen molar-refractivity contribution in [2.24, 2.45) is 11.7 Å². The SMILES string of the molecule is CC1CCC(N)(Cc2ccsc2)C1. The van der Waals surface area contributed by atoms with Gasteiger partial charge in [0, 0.05) is 5.54 Å². The molecule has 2 unspecified atom stereocenters. The standard InChI is InChI=1S/C11H17NS/c1-9-2-4-11(12,6-9)7-10-3-5-13-8-10/h3,5,8-9H,2,4,6-7,12H2,1H3. The molecule has 0 aliphatic heterocycles. The molecule has 2 N–H and O–H groups in total. The molecule has 72 valence electrons. The first kappa shape index (κ1) is 9.22. The van der Waals surface area contributed by atoms with E-state index < -0.39 is 0 Å². The van der Waals surface area contributed by atoms with Gasteiger partial charge in [-0.05, 0) is 54.0 Å². The van der Waals surface area contributed by atoms with Crippen LogP contribution in [0.3, 0.4) is 0 Å². The fraction of sp³-hybridized carbons (Fsp3) is 0.636. The summed E-state index contributed by atoms with van der Waals surface area (Å²) in [6.45, 7) is 2.31. The van der Waals surface area contributed by atoms with Crippen LogP contribution in [0.2, 0.25) is 0 Å². The van der Waals surface area contributed by atoms with E-state index in [4.69, 9.17) is 5.73 Å². The van der Waals surface area contributed by atoms with Gasteiger partial charge in [-0.1, -0.05) is 6.92 Å². The minimum atomic E-state index is 0.0977. The molecule has 2 heteroatoms. The maximum atomic E-state index is 6.35. The van der Waals surface area contributed by atoms with Crippen LogP contribution in [-0.2, 0) is 6.42 Å². The highest BCUT2D eigenvalue weighted by atomic mass is 32.1. The summed E-state index contributed by atoms with van der Waals surface area (Å²) in [6.07, 6.45) is 4.77. The highest BCUT2D eigenvalue weighted by Crippen LogP contribution is 2.34. The molecule has 0 spiro atoms. The van der Waals surface area contributed by atoms with E-state index in [0.29, 0.717) is 0 Å². The fourth-order valence-corrected chi connectivity index (χ4v) is 3.06. The monoisotopic (exact) mass is 195 g/mol. The third-order valence-corrected chi connectivity index (χ3v) is 3.76. The van der Waals surface area contributed by atoms with Gasteiger partial charge in [0.25, 0.3) is 0 Å². The zero-order chi connectivity index (χ0) is 9.31. The average Bonchev–Trinajstić information content (AvgIpc) is 2.62. The van der Waals surface area contributed by atoms with Crippen molar-refractivity contribution in [1.82, 2.24) is 0 Å². The second-order valence-electron chi connectivity index (χ2n) is 4.52. The molecule has 0 radical (unpaired) electrons. The molecule has 1 nitrogen and oxygen atoms in total. The third-order valence-electron chi connectivity index (χ3n) is 3.03. The van der Waals surface area contributed by atoms with Crippen LogP contribution in [0.25, 0.3) is 0 Å². The van der Waals surface area contributed by atoms with Gasteiger partial charge in [-0.2, -0.15) is 11.3 Å². The molecule has 13 heavy (non-hydrogen) atoms. The van der Waals surface area contributed by atoms with Crippen LogP contribution in [0.4, 0.5) is 0 Å². The summed E-state index contributed by atoms with van der Waals surface area (Å²) >= 11 is 1.77. The second-order valence-corrected chi connectivity index (χ2v) is 5.30. The van der Waals surface area contributed by atoms with Gasteiger partial charge in [-0.3, -0.25) is 0 Å². The maximum Gasteiger partial charge on any atom is 0.0198 e. The van der Waals surface area contributed by atoms with Gasteiger partial charge in [-0.25, -0.2) is 0 Å². The van der Waals surface area contributed by atoms with E-state index in [0.717, 1.165) is 12.3 Å². The number of nitrogens with two attached hydrogens (primary N) is 1. The van der Waals surface area contributed by atoms with E-state index in [9.17, 15) is 0 Å². The Morgan fingerprint density at radius 1 is 1.69 bits per heavy atom. The summed E-state index contributed by atoms with van der Waals surface area (Å²) in [4.78, 5) is 0. The quantitative estimate of drug-likeness (QED) is 0.771. The lowest BCUT2D eigenvalue weighted by atomic mass is 9.91. The molecule has 0 amide bonds. The Morgan fingerprint density at radius 3 is 3.08 bits per heavy atom. The van der Waals surface area contributed by atoms with Gasteiger partial charge in [0.05, 0.1) is 0 Å². The Labute approximate surface area is 84.0 Å². The zero-order valence-electron chi connectivity index (χ0n) is 8.12. The van der Waals surface area contributed by atoms with Crippen LogP contribution in [0.5, 0.6) is 0 Å². The highest BCUT2D eigenvalue weighted by molar-refractivity contribution is 7.07. The number of hydrogen-bond acceptors (Lipinski definition) is 2. The van der Waals surface area contributed by atoms with Gasteiger partial charge in [0.1, 0.15) is 0 Å². The molecular formula is C11H17NS. The topological polar surface area (TPSA) is 26.0 Å². The predicted octanol–water partition coefficient (Wildman–Crippen LogP) is 2.81. The lowest BCUT2D eigenvalue weighted by Crippen LogP contribution is -2.39. The number of hydrogen-bond donors (Lipinski definition) is 1. The minimum Gasteiger partial charge on any atom is -0.325 e. The maximum absolute atomic E-state index is 6.35. The van der Waals surface area contributed by atoms with Gasteiger partial charge in [0.2, 0.25) is 0 Å². The Bertz CT molecular complexity index is 268. The molecule has 0 saturated heterocycles. The molecule has 1 aromatic heterocycles. The average molecular weight is 195 g/mol. The van der Waals surface area contributed by atoms with Gasteiger partial charge in [0.15, 0.2) is 0 Å². The van der Waals surface area contributed by atoms with E-state index in [2.05, 4.69) is 23.8 Å². The summed E-state index contributed by atoms with van der Waals surface area (Å²) in [7, 11) is 0. The Balaban J connectivity index is 2.01. The molecule has 1 fully saturated rings. The van der Waals surface area contributed by atoms with Crippen LogP contribution in [0.1, 0.15) is 31.7 Å². The Hall–Kier alpha value is -0.340. The molecule has 0 bridgehead atoms. The summed E-state index contributed by atoms with van der Waals surface area (Å²) in [6, 6.07) is 2.20. The summed E-state index contributed by atoms with van der Waals surface area (Å²) in [5.74, 6) is 0.823. The molecule has 2 atom stereocenters. The van der Waals surface area contributed by atoms with Crippen molar-refractivity contribution in [3.63, 3.8) is 0 Å². The van der Waals surface area contributed by atoms with Gasteiger partial charge in [-0.15, -0.1) is 0 Å². The van der Waals surface area contributed by atoms with E-state index in [1.807, 2.05) is 0 Å². The van der Waals surface area contributed by atoms with Crippen molar-refractivity contribution in [3.8, 4) is 0 Å². The van der Waals surface area contributed by atoms with Crippen molar-refractivity contribution in [2.75, 3.05) is 0 Å².